The number of piperidine rings is 2. The molecular formula is C31H41N3O5. The molecule has 0 bridgehead atoms. The van der Waals surface area contributed by atoms with Crippen molar-refractivity contribution in [3.05, 3.63) is 65.7 Å². The lowest BCUT2D eigenvalue weighted by Crippen LogP contribution is -2.52. The Kier molecular flexibility index (Phi) is 8.85. The Hall–Kier alpha value is -2.94. The first-order valence-electron chi connectivity index (χ1n) is 14.3. The monoisotopic (exact) mass is 535 g/mol. The van der Waals surface area contributed by atoms with Gasteiger partial charge in [0.1, 0.15) is 5.75 Å². The van der Waals surface area contributed by atoms with Crippen LogP contribution in [0.1, 0.15) is 49.1 Å². The second kappa shape index (κ2) is 12.5. The quantitative estimate of drug-likeness (QED) is 0.558. The minimum absolute atomic E-state index is 0.0999. The Morgan fingerprint density at radius 3 is 2.38 bits per heavy atom. The maximum atomic E-state index is 13.2. The third kappa shape index (κ3) is 6.99. The van der Waals surface area contributed by atoms with E-state index in [4.69, 9.17) is 4.74 Å². The number of aliphatic hydroxyl groups is 2. The highest BCUT2D eigenvalue weighted by atomic mass is 16.5. The number of hydrogen-bond donors (Lipinski definition) is 3. The van der Waals surface area contributed by atoms with Crippen molar-refractivity contribution < 1.29 is 24.5 Å². The summed E-state index contributed by atoms with van der Waals surface area (Å²) in [4.78, 5) is 29.9. The first-order valence-corrected chi connectivity index (χ1v) is 14.3. The van der Waals surface area contributed by atoms with Crippen LogP contribution in [-0.4, -0.2) is 89.9 Å². The fourth-order valence-corrected chi connectivity index (χ4v) is 6.36. The van der Waals surface area contributed by atoms with Gasteiger partial charge >= 0.3 is 0 Å². The maximum Gasteiger partial charge on any atom is 0.257 e. The van der Waals surface area contributed by atoms with Crippen LogP contribution in [0.15, 0.2) is 54.6 Å². The minimum Gasteiger partial charge on any atom is -0.483 e. The summed E-state index contributed by atoms with van der Waals surface area (Å²) in [6.45, 7) is 3.72. The van der Waals surface area contributed by atoms with E-state index in [1.165, 1.54) is 5.56 Å². The van der Waals surface area contributed by atoms with Crippen molar-refractivity contribution in [1.82, 2.24) is 15.1 Å². The van der Waals surface area contributed by atoms with Crippen LogP contribution in [0.3, 0.4) is 0 Å². The molecule has 3 heterocycles. The zero-order valence-electron chi connectivity index (χ0n) is 22.6. The number of rotatable bonds is 3. The number of carbonyl (C=O) groups excluding carboxylic acids is 2. The molecule has 3 aliphatic rings. The van der Waals surface area contributed by atoms with E-state index in [1.54, 1.807) is 6.07 Å². The first kappa shape index (κ1) is 27.6. The molecule has 8 heteroatoms. The lowest BCUT2D eigenvalue weighted by Gasteiger charge is -2.44. The van der Waals surface area contributed by atoms with Crippen molar-refractivity contribution in [3.8, 4) is 5.75 Å². The van der Waals surface area contributed by atoms with E-state index in [0.717, 1.165) is 31.5 Å². The topological polar surface area (TPSA) is 102 Å². The molecule has 3 aliphatic heterocycles. The van der Waals surface area contributed by atoms with Gasteiger partial charge in [-0.1, -0.05) is 48.5 Å². The van der Waals surface area contributed by atoms with E-state index in [9.17, 15) is 19.8 Å². The second-order valence-electron chi connectivity index (χ2n) is 11.6. The van der Waals surface area contributed by atoms with Crippen molar-refractivity contribution in [2.75, 3.05) is 45.9 Å². The molecule has 2 atom stereocenters. The predicted octanol–water partition coefficient (Wildman–Crippen LogP) is 2.34. The average molecular weight is 536 g/mol. The van der Waals surface area contributed by atoms with Crippen LogP contribution in [0.25, 0.3) is 0 Å². The number of carbonyl (C=O) groups is 2. The number of nitrogens with zero attached hydrogens (tertiary/aromatic N) is 2. The molecule has 210 valence electrons. The number of likely N-dealkylation sites (tertiary alicyclic amines) is 2. The summed E-state index contributed by atoms with van der Waals surface area (Å²) in [5.74, 6) is 1.04. The Balaban J connectivity index is 1.16. The number of fused-ring (bicyclic) bond motifs is 1. The number of para-hydroxylation sites is 1. The smallest absolute Gasteiger partial charge is 0.257 e. The van der Waals surface area contributed by atoms with Gasteiger partial charge in [0, 0.05) is 26.1 Å². The van der Waals surface area contributed by atoms with Crippen molar-refractivity contribution >= 4 is 11.8 Å². The molecule has 3 N–H and O–H groups in total. The SMILES string of the molecule is O=C1COc2ccccc2C[C@H](O)[C@H](O)CC2(CCN(C(=O)CN3CCC(c4ccccc4)CC3)CC2)CN1. The van der Waals surface area contributed by atoms with E-state index < -0.39 is 12.2 Å². The first-order chi connectivity index (χ1) is 18.9. The van der Waals surface area contributed by atoms with Gasteiger partial charge in [-0.25, -0.2) is 0 Å². The summed E-state index contributed by atoms with van der Waals surface area (Å²) >= 11 is 0. The Labute approximate surface area is 230 Å². The van der Waals surface area contributed by atoms with E-state index in [-0.39, 0.29) is 30.3 Å². The van der Waals surface area contributed by atoms with Gasteiger partial charge in [-0.2, -0.15) is 0 Å². The van der Waals surface area contributed by atoms with E-state index >= 15 is 0 Å². The third-order valence-electron chi connectivity index (χ3n) is 8.90. The van der Waals surface area contributed by atoms with E-state index in [1.807, 2.05) is 29.2 Å². The van der Waals surface area contributed by atoms with Gasteiger partial charge in [0.25, 0.3) is 5.91 Å². The van der Waals surface area contributed by atoms with Gasteiger partial charge in [-0.3, -0.25) is 14.5 Å². The van der Waals surface area contributed by atoms with Crippen LogP contribution in [0, 0.1) is 5.41 Å². The van der Waals surface area contributed by atoms with Crippen molar-refractivity contribution in [2.24, 2.45) is 5.41 Å². The largest absolute Gasteiger partial charge is 0.483 e. The molecule has 0 aliphatic carbocycles. The molecular weight excluding hydrogens is 494 g/mol. The highest BCUT2D eigenvalue weighted by Gasteiger charge is 2.40. The molecule has 2 saturated heterocycles. The fraction of sp³-hybridized carbons (Fsp3) is 0.548. The Bertz CT molecular complexity index is 1110. The summed E-state index contributed by atoms with van der Waals surface area (Å²) < 4.78 is 5.72. The number of nitrogens with one attached hydrogen (secondary N) is 1. The van der Waals surface area contributed by atoms with Crippen LogP contribution in [0.4, 0.5) is 0 Å². The predicted molar refractivity (Wildman–Crippen MR) is 148 cm³/mol. The summed E-state index contributed by atoms with van der Waals surface area (Å²) in [6.07, 6.45) is 2.19. The summed E-state index contributed by atoms with van der Waals surface area (Å²) in [5.41, 5.74) is 1.76. The molecule has 0 aromatic heterocycles. The van der Waals surface area contributed by atoms with Crippen LogP contribution in [0.2, 0.25) is 0 Å². The van der Waals surface area contributed by atoms with Gasteiger partial charge in [0.15, 0.2) is 6.61 Å². The number of amides is 2. The molecule has 1 spiro atoms. The Morgan fingerprint density at radius 2 is 1.64 bits per heavy atom. The average Bonchev–Trinajstić information content (AvgIpc) is 2.96. The highest BCUT2D eigenvalue weighted by Crippen LogP contribution is 2.37. The molecule has 5 rings (SSSR count). The van der Waals surface area contributed by atoms with Gasteiger partial charge in [-0.15, -0.1) is 0 Å². The summed E-state index contributed by atoms with van der Waals surface area (Å²) in [5, 5.41) is 24.8. The minimum atomic E-state index is -0.944. The van der Waals surface area contributed by atoms with Crippen LogP contribution in [-0.2, 0) is 16.0 Å². The van der Waals surface area contributed by atoms with Crippen molar-refractivity contribution in [2.45, 2.75) is 56.7 Å². The molecule has 2 aromatic rings. The van der Waals surface area contributed by atoms with E-state index in [0.29, 0.717) is 57.1 Å². The number of benzene rings is 2. The van der Waals surface area contributed by atoms with Gasteiger partial charge in [-0.05, 0) is 73.7 Å². The van der Waals surface area contributed by atoms with Gasteiger partial charge in [0.05, 0.1) is 18.8 Å². The molecule has 39 heavy (non-hydrogen) atoms. The molecule has 0 radical (unpaired) electrons. The zero-order valence-corrected chi connectivity index (χ0v) is 22.6. The fourth-order valence-electron chi connectivity index (χ4n) is 6.36. The highest BCUT2D eigenvalue weighted by molar-refractivity contribution is 5.78. The molecule has 2 amide bonds. The van der Waals surface area contributed by atoms with E-state index in [2.05, 4.69) is 34.5 Å². The second-order valence-corrected chi connectivity index (χ2v) is 11.6. The van der Waals surface area contributed by atoms with Gasteiger partial charge < -0.3 is 25.2 Å². The number of ether oxygens (including phenoxy) is 1. The zero-order chi connectivity index (χ0) is 27.2. The van der Waals surface area contributed by atoms with Crippen LogP contribution < -0.4 is 10.1 Å². The van der Waals surface area contributed by atoms with Crippen molar-refractivity contribution in [1.29, 1.82) is 0 Å². The molecule has 8 nitrogen and oxygen atoms in total. The number of hydrogen-bond acceptors (Lipinski definition) is 6. The van der Waals surface area contributed by atoms with Crippen LogP contribution >= 0.6 is 0 Å². The third-order valence-corrected chi connectivity index (χ3v) is 8.90. The normalized spacial score (nSPS) is 25.1. The lowest BCUT2D eigenvalue weighted by atomic mass is 9.73. The van der Waals surface area contributed by atoms with Crippen molar-refractivity contribution in [3.63, 3.8) is 0 Å². The molecule has 0 saturated carbocycles. The maximum absolute atomic E-state index is 13.2. The summed E-state index contributed by atoms with van der Waals surface area (Å²) in [7, 11) is 0. The van der Waals surface area contributed by atoms with Gasteiger partial charge in [0.2, 0.25) is 5.91 Å². The molecule has 0 unspecified atom stereocenters. The molecule has 2 fully saturated rings. The lowest BCUT2D eigenvalue weighted by molar-refractivity contribution is -0.136. The standard InChI is InChI=1S/C31H41N3O5/c35-26-18-25-8-4-5-9-28(25)39-21-29(37)32-22-31(19-27(26)36)12-16-34(17-13-31)30(38)20-33-14-10-24(11-15-33)23-6-2-1-3-7-23/h1-9,24,26-27,35-36H,10-22H2,(H,32,37)/t26-,27+/m0/s1. The van der Waals surface area contributed by atoms with Crippen LogP contribution in [0.5, 0.6) is 5.75 Å². The Morgan fingerprint density at radius 1 is 0.949 bits per heavy atom. The molecule has 2 aromatic carbocycles. The number of aliphatic hydroxyl groups excluding tert-OH is 2. The summed E-state index contributed by atoms with van der Waals surface area (Å²) in [6, 6.07) is 17.9.